The van der Waals surface area contributed by atoms with Gasteiger partial charge in [0.15, 0.2) is 0 Å². The first-order chi connectivity index (χ1) is 7.75. The van der Waals surface area contributed by atoms with Gasteiger partial charge in [0.1, 0.15) is 6.33 Å². The van der Waals surface area contributed by atoms with Crippen molar-refractivity contribution >= 4 is 17.4 Å². The Balaban J connectivity index is 2.12. The van der Waals surface area contributed by atoms with Gasteiger partial charge < -0.3 is 5.73 Å². The number of benzene rings is 1. The van der Waals surface area contributed by atoms with Crippen molar-refractivity contribution in [1.29, 1.82) is 0 Å². The summed E-state index contributed by atoms with van der Waals surface area (Å²) in [7, 11) is 0. The van der Waals surface area contributed by atoms with Gasteiger partial charge in [0, 0.05) is 17.1 Å². The Bertz CT molecular complexity index is 459. The maximum Gasteiger partial charge on any atom is 0.116 e. The van der Waals surface area contributed by atoms with Crippen molar-refractivity contribution in [2.24, 2.45) is 0 Å². The zero-order valence-electron chi connectivity index (χ0n) is 9.00. The van der Waals surface area contributed by atoms with E-state index in [1.165, 1.54) is 5.56 Å². The van der Waals surface area contributed by atoms with Crippen LogP contribution in [0.15, 0.2) is 47.9 Å². The zero-order chi connectivity index (χ0) is 11.4. The van der Waals surface area contributed by atoms with E-state index in [0.717, 1.165) is 10.7 Å². The van der Waals surface area contributed by atoms with Gasteiger partial charge in [-0.1, -0.05) is 23.9 Å². The summed E-state index contributed by atoms with van der Waals surface area (Å²) in [6.45, 7) is 2.14. The van der Waals surface area contributed by atoms with Crippen molar-refractivity contribution in [1.82, 2.24) is 9.97 Å². The van der Waals surface area contributed by atoms with Crippen LogP contribution in [0.3, 0.4) is 0 Å². The highest BCUT2D eigenvalue weighted by molar-refractivity contribution is 7.99. The average molecular weight is 231 g/mol. The lowest BCUT2D eigenvalue weighted by molar-refractivity contribution is 1.02. The largest absolute Gasteiger partial charge is 0.399 e. The molecule has 82 valence electrons. The third-order valence-electron chi connectivity index (χ3n) is 2.23. The molecule has 1 aromatic carbocycles. The summed E-state index contributed by atoms with van der Waals surface area (Å²) in [4.78, 5) is 8.08. The molecule has 2 N–H and O–H groups in total. The van der Waals surface area contributed by atoms with Crippen LogP contribution in [0.25, 0.3) is 0 Å². The van der Waals surface area contributed by atoms with Crippen molar-refractivity contribution in [3.05, 3.63) is 48.4 Å². The maximum absolute atomic E-state index is 5.75. The second-order valence-corrected chi connectivity index (χ2v) is 4.84. The zero-order valence-corrected chi connectivity index (χ0v) is 9.82. The Morgan fingerprint density at radius 1 is 1.31 bits per heavy atom. The number of nitrogens with two attached hydrogens (primary N) is 1. The minimum absolute atomic E-state index is 0.332. The molecule has 1 unspecified atom stereocenters. The molecule has 3 nitrogen and oxygen atoms in total. The van der Waals surface area contributed by atoms with E-state index in [1.807, 2.05) is 24.3 Å². The Morgan fingerprint density at radius 3 is 2.88 bits per heavy atom. The minimum Gasteiger partial charge on any atom is -0.399 e. The molecule has 16 heavy (non-hydrogen) atoms. The number of hydrogen-bond acceptors (Lipinski definition) is 4. The molecule has 0 saturated carbocycles. The monoisotopic (exact) mass is 231 g/mol. The lowest BCUT2D eigenvalue weighted by Gasteiger charge is -2.11. The van der Waals surface area contributed by atoms with E-state index >= 15 is 0 Å². The molecule has 2 rings (SSSR count). The molecule has 0 bridgehead atoms. The van der Waals surface area contributed by atoms with Crippen LogP contribution in [0.2, 0.25) is 0 Å². The number of nitrogens with zero attached hydrogens (tertiary/aromatic N) is 2. The summed E-state index contributed by atoms with van der Waals surface area (Å²) in [6, 6.07) is 9.86. The number of rotatable bonds is 3. The van der Waals surface area contributed by atoms with E-state index in [2.05, 4.69) is 23.0 Å². The molecule has 2 aromatic rings. The third-order valence-corrected chi connectivity index (χ3v) is 3.34. The fraction of sp³-hybridized carbons (Fsp3) is 0.167. The molecule has 0 aliphatic carbocycles. The molecule has 0 spiro atoms. The summed E-state index contributed by atoms with van der Waals surface area (Å²) in [5.74, 6) is 0. The van der Waals surface area contributed by atoms with Gasteiger partial charge in [0.05, 0.1) is 5.03 Å². The van der Waals surface area contributed by atoms with E-state index in [4.69, 9.17) is 5.73 Å². The van der Waals surface area contributed by atoms with E-state index in [0.29, 0.717) is 5.25 Å². The Morgan fingerprint density at radius 2 is 2.19 bits per heavy atom. The Kier molecular flexibility index (Phi) is 3.41. The van der Waals surface area contributed by atoms with Gasteiger partial charge in [-0.3, -0.25) is 0 Å². The Labute approximate surface area is 99.1 Å². The van der Waals surface area contributed by atoms with Crippen molar-refractivity contribution < 1.29 is 0 Å². The molecule has 1 aromatic heterocycles. The molecule has 1 atom stereocenters. The predicted octanol–water partition coefficient (Wildman–Crippen LogP) is 2.91. The molecule has 1 heterocycles. The molecular formula is C12H13N3S. The second kappa shape index (κ2) is 4.99. The maximum atomic E-state index is 5.75. The van der Waals surface area contributed by atoms with Crippen LogP contribution in [0, 0.1) is 0 Å². The van der Waals surface area contributed by atoms with E-state index in [9.17, 15) is 0 Å². The molecular weight excluding hydrogens is 218 g/mol. The van der Waals surface area contributed by atoms with Crippen LogP contribution in [0.1, 0.15) is 17.7 Å². The van der Waals surface area contributed by atoms with E-state index in [1.54, 1.807) is 24.3 Å². The van der Waals surface area contributed by atoms with Gasteiger partial charge in [-0.15, -0.1) is 0 Å². The highest BCUT2D eigenvalue weighted by atomic mass is 32.2. The average Bonchev–Trinajstić information content (AvgIpc) is 2.30. The third kappa shape index (κ3) is 2.73. The van der Waals surface area contributed by atoms with Gasteiger partial charge in [0.25, 0.3) is 0 Å². The topological polar surface area (TPSA) is 51.8 Å². The molecule has 4 heteroatoms. The van der Waals surface area contributed by atoms with Crippen molar-refractivity contribution in [2.45, 2.75) is 17.2 Å². The number of aromatic nitrogens is 2. The smallest absolute Gasteiger partial charge is 0.116 e. The number of anilines is 1. The number of hydrogen-bond donors (Lipinski definition) is 1. The second-order valence-electron chi connectivity index (χ2n) is 3.48. The van der Waals surface area contributed by atoms with Gasteiger partial charge in [-0.2, -0.15) is 0 Å². The summed E-state index contributed by atoms with van der Waals surface area (Å²) in [5, 5.41) is 1.31. The van der Waals surface area contributed by atoms with Crippen LogP contribution in [0.5, 0.6) is 0 Å². The fourth-order valence-electron chi connectivity index (χ4n) is 1.41. The normalized spacial score (nSPS) is 12.3. The summed E-state index contributed by atoms with van der Waals surface area (Å²) < 4.78 is 0. The van der Waals surface area contributed by atoms with Crippen LogP contribution < -0.4 is 5.73 Å². The quantitative estimate of drug-likeness (QED) is 0.501. The van der Waals surface area contributed by atoms with Crippen molar-refractivity contribution in [2.75, 3.05) is 5.73 Å². The molecule has 0 aliphatic heterocycles. The van der Waals surface area contributed by atoms with Gasteiger partial charge in [-0.05, 0) is 30.7 Å². The van der Waals surface area contributed by atoms with E-state index < -0.39 is 0 Å². The summed E-state index contributed by atoms with van der Waals surface area (Å²) >= 11 is 1.70. The molecule has 0 aliphatic rings. The Hall–Kier alpha value is -1.55. The first-order valence-electron chi connectivity index (χ1n) is 5.04. The SMILES string of the molecule is CC(Sc1ccncn1)c1cccc(N)c1. The van der Waals surface area contributed by atoms with Gasteiger partial charge >= 0.3 is 0 Å². The summed E-state index contributed by atoms with van der Waals surface area (Å²) in [5.41, 5.74) is 7.77. The van der Waals surface area contributed by atoms with Gasteiger partial charge in [-0.25, -0.2) is 9.97 Å². The van der Waals surface area contributed by atoms with Crippen molar-refractivity contribution in [3.63, 3.8) is 0 Å². The molecule has 0 radical (unpaired) electrons. The minimum atomic E-state index is 0.332. The standard InChI is InChI=1S/C12H13N3S/c1-9(10-3-2-4-11(13)7-10)16-12-5-6-14-8-15-12/h2-9H,13H2,1H3. The lowest BCUT2D eigenvalue weighted by Crippen LogP contribution is -1.92. The van der Waals surface area contributed by atoms with Crippen LogP contribution in [0.4, 0.5) is 5.69 Å². The molecule has 0 fully saturated rings. The fourth-order valence-corrected chi connectivity index (χ4v) is 2.30. The number of nitrogen functional groups attached to an aromatic ring is 1. The lowest BCUT2D eigenvalue weighted by atomic mass is 10.1. The number of thioether (sulfide) groups is 1. The van der Waals surface area contributed by atoms with Gasteiger partial charge in [0.2, 0.25) is 0 Å². The molecule has 0 amide bonds. The predicted molar refractivity (Wildman–Crippen MR) is 67.2 cm³/mol. The van der Waals surface area contributed by atoms with E-state index in [-0.39, 0.29) is 0 Å². The van der Waals surface area contributed by atoms with Crippen LogP contribution in [-0.4, -0.2) is 9.97 Å². The first kappa shape index (κ1) is 11.0. The first-order valence-corrected chi connectivity index (χ1v) is 5.92. The highest BCUT2D eigenvalue weighted by Gasteiger charge is 2.07. The van der Waals surface area contributed by atoms with Crippen LogP contribution >= 0.6 is 11.8 Å². The van der Waals surface area contributed by atoms with Crippen molar-refractivity contribution in [3.8, 4) is 0 Å². The summed E-state index contributed by atoms with van der Waals surface area (Å²) in [6.07, 6.45) is 3.32. The molecule has 0 saturated heterocycles. The highest BCUT2D eigenvalue weighted by Crippen LogP contribution is 2.33. The van der Waals surface area contributed by atoms with Crippen LogP contribution in [-0.2, 0) is 0 Å².